The van der Waals surface area contributed by atoms with E-state index in [1.807, 2.05) is 78.9 Å². The summed E-state index contributed by atoms with van der Waals surface area (Å²) in [6.45, 7) is 1.02. The van der Waals surface area contributed by atoms with Crippen molar-refractivity contribution in [3.8, 4) is 17.0 Å². The average molecular weight is 412 g/mol. The SMILES string of the molecule is COc1cccc(-c2nn(Cc3ccccc3)cc2C(=O)Nc2ccc(CN)cc2)c1. The van der Waals surface area contributed by atoms with Crippen LogP contribution in [-0.2, 0) is 13.1 Å². The first-order valence-electron chi connectivity index (χ1n) is 10.0. The predicted molar refractivity (Wildman–Crippen MR) is 122 cm³/mol. The largest absolute Gasteiger partial charge is 0.497 e. The van der Waals surface area contributed by atoms with Gasteiger partial charge in [-0.1, -0.05) is 54.6 Å². The Labute approximate surface area is 181 Å². The van der Waals surface area contributed by atoms with E-state index in [-0.39, 0.29) is 5.91 Å². The number of ether oxygens (including phenoxy) is 1. The van der Waals surface area contributed by atoms with Gasteiger partial charge in [-0.2, -0.15) is 5.10 Å². The molecule has 0 saturated heterocycles. The first-order chi connectivity index (χ1) is 15.2. The third kappa shape index (κ3) is 4.82. The van der Waals surface area contributed by atoms with Gasteiger partial charge in [0.2, 0.25) is 0 Å². The number of nitrogens with zero attached hydrogens (tertiary/aromatic N) is 2. The second-order valence-electron chi connectivity index (χ2n) is 7.16. The Balaban J connectivity index is 1.68. The van der Waals surface area contributed by atoms with E-state index in [1.165, 1.54) is 0 Å². The number of benzene rings is 3. The summed E-state index contributed by atoms with van der Waals surface area (Å²) in [4.78, 5) is 13.2. The summed E-state index contributed by atoms with van der Waals surface area (Å²) in [5.74, 6) is 0.483. The quantitative estimate of drug-likeness (QED) is 0.474. The number of carbonyl (C=O) groups excluding carboxylic acids is 1. The number of methoxy groups -OCH3 is 1. The lowest BCUT2D eigenvalue weighted by molar-refractivity contribution is 0.102. The van der Waals surface area contributed by atoms with Gasteiger partial charge >= 0.3 is 0 Å². The van der Waals surface area contributed by atoms with Gasteiger partial charge in [0.25, 0.3) is 5.91 Å². The standard InChI is InChI=1S/C25H24N4O2/c1-31-22-9-5-8-20(14-22)24-23(17-29(28-24)16-19-6-3-2-4-7-19)25(30)27-21-12-10-18(15-26)11-13-21/h2-14,17H,15-16,26H2,1H3,(H,27,30). The minimum atomic E-state index is -0.224. The van der Waals surface area contributed by atoms with Crippen LogP contribution in [0.3, 0.4) is 0 Å². The number of hydrogen-bond acceptors (Lipinski definition) is 4. The Kier molecular flexibility index (Phi) is 6.10. The minimum absolute atomic E-state index is 0.224. The van der Waals surface area contributed by atoms with E-state index in [1.54, 1.807) is 18.0 Å². The van der Waals surface area contributed by atoms with Crippen molar-refractivity contribution in [1.29, 1.82) is 0 Å². The van der Waals surface area contributed by atoms with Gasteiger partial charge in [0.1, 0.15) is 11.4 Å². The fourth-order valence-corrected chi connectivity index (χ4v) is 3.35. The van der Waals surface area contributed by atoms with Crippen LogP contribution in [0, 0.1) is 0 Å². The number of aromatic nitrogens is 2. The number of hydrogen-bond donors (Lipinski definition) is 2. The van der Waals surface area contributed by atoms with Gasteiger partial charge < -0.3 is 15.8 Å². The molecule has 0 aliphatic carbocycles. The Morgan fingerprint density at radius 2 is 1.77 bits per heavy atom. The summed E-state index contributed by atoms with van der Waals surface area (Å²) in [6, 6.07) is 25.1. The van der Waals surface area contributed by atoms with Gasteiger partial charge in [-0.05, 0) is 35.4 Å². The Bertz CT molecular complexity index is 1170. The molecule has 3 aromatic carbocycles. The maximum atomic E-state index is 13.2. The zero-order chi connectivity index (χ0) is 21.6. The van der Waals surface area contributed by atoms with Crippen molar-refractivity contribution in [3.05, 3.63) is 102 Å². The Morgan fingerprint density at radius 1 is 1.00 bits per heavy atom. The van der Waals surface area contributed by atoms with E-state index in [4.69, 9.17) is 15.6 Å². The molecule has 3 N–H and O–H groups in total. The number of nitrogens with one attached hydrogen (secondary N) is 1. The molecule has 1 heterocycles. The number of rotatable bonds is 7. The molecule has 0 radical (unpaired) electrons. The molecule has 0 aliphatic rings. The van der Waals surface area contributed by atoms with Crippen molar-refractivity contribution in [1.82, 2.24) is 9.78 Å². The molecule has 4 rings (SSSR count). The predicted octanol–water partition coefficient (Wildman–Crippen LogP) is 4.32. The molecule has 0 saturated carbocycles. The van der Waals surface area contributed by atoms with Crippen LogP contribution in [0.15, 0.2) is 85.1 Å². The summed E-state index contributed by atoms with van der Waals surface area (Å²) >= 11 is 0. The van der Waals surface area contributed by atoms with E-state index in [9.17, 15) is 4.79 Å². The van der Waals surface area contributed by atoms with E-state index in [0.717, 1.165) is 16.7 Å². The molecule has 31 heavy (non-hydrogen) atoms. The smallest absolute Gasteiger partial charge is 0.259 e. The molecule has 0 spiro atoms. The molecule has 6 heteroatoms. The van der Waals surface area contributed by atoms with Crippen LogP contribution in [0.25, 0.3) is 11.3 Å². The Morgan fingerprint density at radius 3 is 2.48 bits per heavy atom. The van der Waals surface area contributed by atoms with E-state index >= 15 is 0 Å². The molecular weight excluding hydrogens is 388 g/mol. The highest BCUT2D eigenvalue weighted by Gasteiger charge is 2.19. The summed E-state index contributed by atoms with van der Waals surface area (Å²) in [5.41, 5.74) is 10.4. The van der Waals surface area contributed by atoms with Gasteiger partial charge in [-0.25, -0.2) is 0 Å². The lowest BCUT2D eigenvalue weighted by Crippen LogP contribution is -2.12. The van der Waals surface area contributed by atoms with Crippen molar-refractivity contribution < 1.29 is 9.53 Å². The highest BCUT2D eigenvalue weighted by Crippen LogP contribution is 2.27. The van der Waals surface area contributed by atoms with Crippen LogP contribution >= 0.6 is 0 Å². The average Bonchev–Trinajstić information content (AvgIpc) is 3.24. The topological polar surface area (TPSA) is 82.2 Å². The molecule has 0 bridgehead atoms. The lowest BCUT2D eigenvalue weighted by atomic mass is 10.1. The third-order valence-corrected chi connectivity index (χ3v) is 4.98. The summed E-state index contributed by atoms with van der Waals surface area (Å²) in [7, 11) is 1.62. The van der Waals surface area contributed by atoms with Gasteiger partial charge in [-0.15, -0.1) is 0 Å². The summed E-state index contributed by atoms with van der Waals surface area (Å²) in [5, 5.41) is 7.69. The molecule has 0 fully saturated rings. The maximum absolute atomic E-state index is 13.2. The maximum Gasteiger partial charge on any atom is 0.259 e. The molecule has 1 amide bonds. The van der Waals surface area contributed by atoms with E-state index in [2.05, 4.69) is 5.32 Å². The second kappa shape index (κ2) is 9.28. The first kappa shape index (κ1) is 20.4. The van der Waals surface area contributed by atoms with E-state index < -0.39 is 0 Å². The van der Waals surface area contributed by atoms with Crippen LogP contribution in [0.5, 0.6) is 5.75 Å². The van der Waals surface area contributed by atoms with Crippen molar-refractivity contribution in [2.24, 2.45) is 5.73 Å². The number of nitrogens with two attached hydrogens (primary N) is 1. The van der Waals surface area contributed by atoms with E-state index in [0.29, 0.717) is 35.8 Å². The van der Waals surface area contributed by atoms with Crippen LogP contribution in [0.2, 0.25) is 0 Å². The molecular formula is C25H24N4O2. The summed E-state index contributed by atoms with van der Waals surface area (Å²) in [6.07, 6.45) is 1.78. The molecule has 4 aromatic rings. The van der Waals surface area contributed by atoms with Crippen LogP contribution in [0.4, 0.5) is 5.69 Å². The van der Waals surface area contributed by atoms with Gasteiger partial charge in [0.05, 0.1) is 19.2 Å². The second-order valence-corrected chi connectivity index (χ2v) is 7.16. The molecule has 1 aromatic heterocycles. The van der Waals surface area contributed by atoms with Gasteiger partial charge in [0, 0.05) is 24.0 Å². The van der Waals surface area contributed by atoms with Crippen LogP contribution in [-0.4, -0.2) is 22.8 Å². The molecule has 0 unspecified atom stereocenters. The van der Waals surface area contributed by atoms with Crippen LogP contribution < -0.4 is 15.8 Å². The normalized spacial score (nSPS) is 10.6. The van der Waals surface area contributed by atoms with Crippen molar-refractivity contribution in [3.63, 3.8) is 0 Å². The number of anilines is 1. The first-order valence-corrected chi connectivity index (χ1v) is 10.0. The van der Waals surface area contributed by atoms with Crippen molar-refractivity contribution >= 4 is 11.6 Å². The number of carbonyl (C=O) groups is 1. The molecule has 0 atom stereocenters. The molecule has 6 nitrogen and oxygen atoms in total. The van der Waals surface area contributed by atoms with Gasteiger partial charge in [0.15, 0.2) is 0 Å². The third-order valence-electron chi connectivity index (χ3n) is 4.98. The lowest BCUT2D eigenvalue weighted by Gasteiger charge is -2.07. The summed E-state index contributed by atoms with van der Waals surface area (Å²) < 4.78 is 7.14. The fraction of sp³-hybridized carbons (Fsp3) is 0.120. The zero-order valence-electron chi connectivity index (χ0n) is 17.3. The number of amides is 1. The monoisotopic (exact) mass is 412 g/mol. The molecule has 156 valence electrons. The highest BCUT2D eigenvalue weighted by molar-refractivity contribution is 6.08. The van der Waals surface area contributed by atoms with Crippen LogP contribution in [0.1, 0.15) is 21.5 Å². The van der Waals surface area contributed by atoms with Gasteiger partial charge in [-0.3, -0.25) is 9.48 Å². The van der Waals surface area contributed by atoms with Crippen molar-refractivity contribution in [2.75, 3.05) is 12.4 Å². The fourth-order valence-electron chi connectivity index (χ4n) is 3.35. The highest BCUT2D eigenvalue weighted by atomic mass is 16.5. The Hall–Kier alpha value is -3.90. The minimum Gasteiger partial charge on any atom is -0.497 e. The molecule has 0 aliphatic heterocycles. The zero-order valence-corrected chi connectivity index (χ0v) is 17.3. The van der Waals surface area contributed by atoms with Crippen molar-refractivity contribution in [2.45, 2.75) is 13.1 Å².